The smallest absolute Gasteiger partial charge is 0.0707 e. The Morgan fingerprint density at radius 3 is 2.53 bits per heavy atom. The first-order valence-corrected chi connectivity index (χ1v) is 8.32. The summed E-state index contributed by atoms with van der Waals surface area (Å²) >= 11 is 0. The molecule has 1 aliphatic carbocycles. The molecule has 3 nitrogen and oxygen atoms in total. The second-order valence-corrected chi connectivity index (χ2v) is 7.14. The molecule has 0 aromatic carbocycles. The van der Waals surface area contributed by atoms with Crippen molar-refractivity contribution in [3.05, 3.63) is 0 Å². The Morgan fingerprint density at radius 2 is 1.79 bits per heavy atom. The lowest BCUT2D eigenvalue weighted by atomic mass is 9.88. The van der Waals surface area contributed by atoms with Crippen LogP contribution in [0.25, 0.3) is 0 Å². The number of rotatable bonds is 5. The minimum absolute atomic E-state index is 0.478. The maximum Gasteiger partial charge on any atom is 0.0707 e. The number of hydrogen-bond acceptors (Lipinski definition) is 3. The Balaban J connectivity index is 1.36. The van der Waals surface area contributed by atoms with Gasteiger partial charge in [-0.05, 0) is 50.5 Å². The van der Waals surface area contributed by atoms with Gasteiger partial charge in [-0.3, -0.25) is 0 Å². The number of piperidine rings is 1. The normalized spacial score (nSPS) is 40.7. The van der Waals surface area contributed by atoms with Crippen molar-refractivity contribution in [1.82, 2.24) is 10.2 Å². The van der Waals surface area contributed by atoms with Crippen LogP contribution in [-0.2, 0) is 4.74 Å². The van der Waals surface area contributed by atoms with E-state index < -0.39 is 0 Å². The second kappa shape index (κ2) is 6.11. The molecule has 0 radical (unpaired) electrons. The van der Waals surface area contributed by atoms with Gasteiger partial charge in [-0.2, -0.15) is 0 Å². The van der Waals surface area contributed by atoms with Gasteiger partial charge in [-0.15, -0.1) is 0 Å². The molecule has 2 aliphatic heterocycles. The lowest BCUT2D eigenvalue weighted by molar-refractivity contribution is 0.0107. The number of likely N-dealkylation sites (tertiary alicyclic amines) is 1. The van der Waals surface area contributed by atoms with Crippen molar-refractivity contribution in [2.75, 3.05) is 26.2 Å². The Bertz CT molecular complexity index is 292. The Morgan fingerprint density at radius 1 is 1.00 bits per heavy atom. The lowest BCUT2D eigenvalue weighted by Crippen LogP contribution is -2.42. The first kappa shape index (κ1) is 13.8. The molecule has 3 aliphatic rings. The predicted octanol–water partition coefficient (Wildman–Crippen LogP) is 2.26. The zero-order valence-electron chi connectivity index (χ0n) is 12.6. The van der Waals surface area contributed by atoms with Crippen molar-refractivity contribution in [2.24, 2.45) is 11.8 Å². The summed E-state index contributed by atoms with van der Waals surface area (Å²) in [5.41, 5.74) is 0. The molecule has 1 saturated carbocycles. The summed E-state index contributed by atoms with van der Waals surface area (Å²) in [4.78, 5) is 2.63. The van der Waals surface area contributed by atoms with E-state index in [1.807, 2.05) is 0 Å². The van der Waals surface area contributed by atoms with Gasteiger partial charge < -0.3 is 15.0 Å². The number of nitrogens with one attached hydrogen (secondary N) is 1. The van der Waals surface area contributed by atoms with E-state index in [4.69, 9.17) is 4.74 Å². The topological polar surface area (TPSA) is 24.5 Å². The molecule has 110 valence electrons. The van der Waals surface area contributed by atoms with Gasteiger partial charge in [0.05, 0.1) is 12.2 Å². The van der Waals surface area contributed by atoms with Gasteiger partial charge in [0.25, 0.3) is 0 Å². The maximum absolute atomic E-state index is 6.20. The molecule has 0 aromatic rings. The Hall–Kier alpha value is -0.120. The van der Waals surface area contributed by atoms with Gasteiger partial charge in [-0.1, -0.05) is 13.8 Å². The minimum atomic E-state index is 0.478. The van der Waals surface area contributed by atoms with E-state index in [0.717, 1.165) is 31.0 Å². The Labute approximate surface area is 118 Å². The van der Waals surface area contributed by atoms with Gasteiger partial charge >= 0.3 is 0 Å². The highest BCUT2D eigenvalue weighted by molar-refractivity contribution is 4.85. The second-order valence-electron chi connectivity index (χ2n) is 7.14. The molecule has 0 aromatic heterocycles. The van der Waals surface area contributed by atoms with Crippen LogP contribution in [0.15, 0.2) is 0 Å². The molecule has 1 N–H and O–H groups in total. The molecule has 19 heavy (non-hydrogen) atoms. The first-order valence-electron chi connectivity index (χ1n) is 8.32. The molecular weight excluding hydrogens is 236 g/mol. The standard InChI is InChI=1S/C16H30N2O/c1-12-7-8-18(10-13(12)2)11-16-6-5-15(19-16)9-17-14-3-4-14/h12-17H,3-11H2,1-2H3. The van der Waals surface area contributed by atoms with Crippen molar-refractivity contribution in [1.29, 1.82) is 0 Å². The van der Waals surface area contributed by atoms with Gasteiger partial charge in [-0.25, -0.2) is 0 Å². The molecule has 0 bridgehead atoms. The average molecular weight is 266 g/mol. The average Bonchev–Trinajstić information content (AvgIpc) is 3.12. The molecule has 3 heteroatoms. The predicted molar refractivity (Wildman–Crippen MR) is 78.3 cm³/mol. The summed E-state index contributed by atoms with van der Waals surface area (Å²) in [6.07, 6.45) is 7.60. The fourth-order valence-electron chi connectivity index (χ4n) is 3.45. The monoisotopic (exact) mass is 266 g/mol. The lowest BCUT2D eigenvalue weighted by Gasteiger charge is -2.36. The van der Waals surface area contributed by atoms with E-state index in [2.05, 4.69) is 24.1 Å². The fraction of sp³-hybridized carbons (Fsp3) is 1.00. The van der Waals surface area contributed by atoms with Gasteiger partial charge in [0.1, 0.15) is 0 Å². The summed E-state index contributed by atoms with van der Waals surface area (Å²) in [5.74, 6) is 1.75. The minimum Gasteiger partial charge on any atom is -0.372 e. The zero-order chi connectivity index (χ0) is 13.2. The van der Waals surface area contributed by atoms with E-state index in [-0.39, 0.29) is 0 Å². The van der Waals surface area contributed by atoms with Crippen LogP contribution in [0, 0.1) is 11.8 Å². The van der Waals surface area contributed by atoms with Crippen LogP contribution >= 0.6 is 0 Å². The van der Waals surface area contributed by atoms with Crippen molar-refractivity contribution in [3.63, 3.8) is 0 Å². The highest BCUT2D eigenvalue weighted by atomic mass is 16.5. The molecule has 4 atom stereocenters. The largest absolute Gasteiger partial charge is 0.372 e. The molecule has 3 fully saturated rings. The third-order valence-electron chi connectivity index (χ3n) is 5.29. The Kier molecular flexibility index (Phi) is 4.45. The van der Waals surface area contributed by atoms with E-state index in [1.54, 1.807) is 0 Å². The third kappa shape index (κ3) is 3.93. The highest BCUT2D eigenvalue weighted by Crippen LogP contribution is 2.26. The van der Waals surface area contributed by atoms with Crippen molar-refractivity contribution in [2.45, 2.75) is 64.2 Å². The first-order chi connectivity index (χ1) is 9.20. The molecule has 3 rings (SSSR count). The number of nitrogens with zero attached hydrogens (tertiary/aromatic N) is 1. The highest BCUT2D eigenvalue weighted by Gasteiger charge is 2.30. The van der Waals surface area contributed by atoms with Crippen LogP contribution in [0.4, 0.5) is 0 Å². The van der Waals surface area contributed by atoms with Gasteiger partial charge in [0.2, 0.25) is 0 Å². The molecule has 2 heterocycles. The zero-order valence-corrected chi connectivity index (χ0v) is 12.6. The summed E-state index contributed by atoms with van der Waals surface area (Å²) < 4.78 is 6.20. The third-order valence-corrected chi connectivity index (χ3v) is 5.29. The summed E-state index contributed by atoms with van der Waals surface area (Å²) in [6.45, 7) is 9.58. The molecule has 2 saturated heterocycles. The molecule has 0 amide bonds. The summed E-state index contributed by atoms with van der Waals surface area (Å²) in [6, 6.07) is 0.812. The van der Waals surface area contributed by atoms with Crippen LogP contribution in [0.2, 0.25) is 0 Å². The van der Waals surface area contributed by atoms with Crippen LogP contribution in [0.3, 0.4) is 0 Å². The van der Waals surface area contributed by atoms with Crippen molar-refractivity contribution < 1.29 is 4.74 Å². The number of ether oxygens (including phenoxy) is 1. The summed E-state index contributed by atoms with van der Waals surface area (Å²) in [7, 11) is 0. The SMILES string of the molecule is CC1CCN(CC2CCC(CNC3CC3)O2)CC1C. The molecule has 0 spiro atoms. The quantitative estimate of drug-likeness (QED) is 0.826. The molecule has 4 unspecified atom stereocenters. The van der Waals surface area contributed by atoms with Gasteiger partial charge in [0, 0.05) is 25.7 Å². The van der Waals surface area contributed by atoms with E-state index in [1.165, 1.54) is 45.2 Å². The van der Waals surface area contributed by atoms with Crippen LogP contribution < -0.4 is 5.32 Å². The van der Waals surface area contributed by atoms with Crippen LogP contribution in [0.5, 0.6) is 0 Å². The van der Waals surface area contributed by atoms with Crippen LogP contribution in [0.1, 0.15) is 46.0 Å². The summed E-state index contributed by atoms with van der Waals surface area (Å²) in [5, 5.41) is 3.60. The van der Waals surface area contributed by atoms with Gasteiger partial charge in [0.15, 0.2) is 0 Å². The fourth-order valence-corrected chi connectivity index (χ4v) is 3.45. The van der Waals surface area contributed by atoms with E-state index in [0.29, 0.717) is 12.2 Å². The van der Waals surface area contributed by atoms with E-state index >= 15 is 0 Å². The van der Waals surface area contributed by atoms with Crippen molar-refractivity contribution >= 4 is 0 Å². The van der Waals surface area contributed by atoms with E-state index in [9.17, 15) is 0 Å². The number of hydrogen-bond donors (Lipinski definition) is 1. The maximum atomic E-state index is 6.20. The molecular formula is C16H30N2O. The van der Waals surface area contributed by atoms with Crippen LogP contribution in [-0.4, -0.2) is 49.3 Å². The van der Waals surface area contributed by atoms with Crippen molar-refractivity contribution in [3.8, 4) is 0 Å².